The molecule has 0 aliphatic carbocycles. The lowest BCUT2D eigenvalue weighted by Crippen LogP contribution is -2.13. The molecule has 78 valence electrons. The van der Waals surface area contributed by atoms with Gasteiger partial charge in [-0.05, 0) is 5.56 Å². The van der Waals surface area contributed by atoms with Gasteiger partial charge in [-0.1, -0.05) is 36.4 Å². The van der Waals surface area contributed by atoms with Crippen LogP contribution in [0.15, 0.2) is 43.0 Å². The highest BCUT2D eigenvalue weighted by Crippen LogP contribution is 2.33. The van der Waals surface area contributed by atoms with E-state index in [4.69, 9.17) is 4.74 Å². The van der Waals surface area contributed by atoms with Gasteiger partial charge in [0.2, 0.25) is 0 Å². The lowest BCUT2D eigenvalue weighted by atomic mass is 9.91. The Morgan fingerprint density at radius 2 is 2.13 bits per heavy atom. The van der Waals surface area contributed by atoms with E-state index in [0.717, 1.165) is 6.42 Å². The number of cyclic esters (lactones) is 1. The first kappa shape index (κ1) is 9.97. The van der Waals surface area contributed by atoms with Gasteiger partial charge in [-0.15, -0.1) is 6.58 Å². The quantitative estimate of drug-likeness (QED) is 0.556. The molecule has 0 bridgehead atoms. The zero-order valence-electron chi connectivity index (χ0n) is 8.56. The number of hydrogen-bond acceptors (Lipinski definition) is 2. The summed E-state index contributed by atoms with van der Waals surface area (Å²) in [5, 5.41) is 0. The first-order valence-corrected chi connectivity index (χ1v) is 5.16. The number of hydrogen-bond donors (Lipinski definition) is 0. The van der Waals surface area contributed by atoms with Gasteiger partial charge in [0, 0.05) is 12.3 Å². The highest BCUT2D eigenvalue weighted by atomic mass is 16.5. The van der Waals surface area contributed by atoms with Crippen molar-refractivity contribution in [1.29, 1.82) is 0 Å². The highest BCUT2D eigenvalue weighted by molar-refractivity contribution is 5.73. The molecule has 1 aromatic rings. The fourth-order valence-electron chi connectivity index (χ4n) is 2.02. The van der Waals surface area contributed by atoms with E-state index in [2.05, 4.69) is 6.58 Å². The van der Waals surface area contributed by atoms with Crippen molar-refractivity contribution in [2.75, 3.05) is 0 Å². The maximum atomic E-state index is 11.3. The SMILES string of the molecule is C=CCC1OC(=O)CC1c1ccccc1. The van der Waals surface area contributed by atoms with Crippen molar-refractivity contribution in [2.24, 2.45) is 0 Å². The van der Waals surface area contributed by atoms with Gasteiger partial charge in [0.25, 0.3) is 0 Å². The molecule has 2 heteroatoms. The first-order chi connectivity index (χ1) is 7.31. The standard InChI is InChI=1S/C13H14O2/c1-2-6-12-11(9-13(14)15-12)10-7-4-3-5-8-10/h2-5,7-8,11-12H,1,6,9H2. The van der Waals surface area contributed by atoms with Crippen LogP contribution in [0.1, 0.15) is 24.3 Å². The maximum absolute atomic E-state index is 11.3. The van der Waals surface area contributed by atoms with Crippen molar-refractivity contribution in [3.8, 4) is 0 Å². The van der Waals surface area contributed by atoms with Crippen LogP contribution in [0.2, 0.25) is 0 Å². The van der Waals surface area contributed by atoms with Crippen LogP contribution in [0.5, 0.6) is 0 Å². The Labute approximate surface area is 89.6 Å². The highest BCUT2D eigenvalue weighted by Gasteiger charge is 2.34. The Morgan fingerprint density at radius 1 is 1.40 bits per heavy atom. The van der Waals surface area contributed by atoms with E-state index >= 15 is 0 Å². The van der Waals surface area contributed by atoms with E-state index < -0.39 is 0 Å². The second-order valence-electron chi connectivity index (χ2n) is 3.77. The molecule has 1 saturated heterocycles. The number of carbonyl (C=O) groups excluding carboxylic acids is 1. The summed E-state index contributed by atoms with van der Waals surface area (Å²) in [6.07, 6.45) is 2.99. The van der Waals surface area contributed by atoms with E-state index in [1.807, 2.05) is 30.3 Å². The van der Waals surface area contributed by atoms with E-state index in [1.54, 1.807) is 6.08 Å². The molecule has 15 heavy (non-hydrogen) atoms. The molecule has 0 radical (unpaired) electrons. The Kier molecular flexibility index (Phi) is 2.86. The number of rotatable bonds is 3. The van der Waals surface area contributed by atoms with Crippen LogP contribution in [-0.2, 0) is 9.53 Å². The largest absolute Gasteiger partial charge is 0.461 e. The molecule has 0 N–H and O–H groups in total. The molecule has 1 aliphatic rings. The molecule has 0 saturated carbocycles. The molecule has 1 aromatic carbocycles. The Morgan fingerprint density at radius 3 is 2.80 bits per heavy atom. The molecule has 0 spiro atoms. The monoisotopic (exact) mass is 202 g/mol. The van der Waals surface area contributed by atoms with Gasteiger partial charge in [-0.3, -0.25) is 4.79 Å². The molecule has 2 atom stereocenters. The van der Waals surface area contributed by atoms with Crippen LogP contribution in [0.4, 0.5) is 0 Å². The molecule has 1 heterocycles. The van der Waals surface area contributed by atoms with Gasteiger partial charge < -0.3 is 4.74 Å². The molecule has 1 fully saturated rings. The third-order valence-electron chi connectivity index (χ3n) is 2.74. The predicted octanol–water partition coefficient (Wildman–Crippen LogP) is 2.66. The van der Waals surface area contributed by atoms with Crippen LogP contribution in [0, 0.1) is 0 Å². The van der Waals surface area contributed by atoms with Gasteiger partial charge in [0.1, 0.15) is 6.10 Å². The van der Waals surface area contributed by atoms with Crippen molar-refractivity contribution in [3.05, 3.63) is 48.6 Å². The van der Waals surface area contributed by atoms with Gasteiger partial charge in [-0.25, -0.2) is 0 Å². The minimum Gasteiger partial charge on any atom is -0.461 e. The van der Waals surface area contributed by atoms with Crippen molar-refractivity contribution >= 4 is 5.97 Å². The van der Waals surface area contributed by atoms with Gasteiger partial charge in [0.15, 0.2) is 0 Å². The Balaban J connectivity index is 2.20. The van der Waals surface area contributed by atoms with Crippen LogP contribution >= 0.6 is 0 Å². The Hall–Kier alpha value is -1.57. The summed E-state index contributed by atoms with van der Waals surface area (Å²) in [5.41, 5.74) is 1.18. The average molecular weight is 202 g/mol. The van der Waals surface area contributed by atoms with Crippen LogP contribution in [0.3, 0.4) is 0 Å². The topological polar surface area (TPSA) is 26.3 Å². The third kappa shape index (κ3) is 2.09. The molecule has 2 unspecified atom stereocenters. The summed E-state index contributed by atoms with van der Waals surface area (Å²) in [5.74, 6) is 0.0902. The summed E-state index contributed by atoms with van der Waals surface area (Å²) in [6.45, 7) is 3.69. The molecular formula is C13H14O2. The zero-order chi connectivity index (χ0) is 10.7. The van der Waals surface area contributed by atoms with E-state index in [9.17, 15) is 4.79 Å². The summed E-state index contributed by atoms with van der Waals surface area (Å²) in [7, 11) is 0. The smallest absolute Gasteiger partial charge is 0.306 e. The lowest BCUT2D eigenvalue weighted by Gasteiger charge is -2.15. The maximum Gasteiger partial charge on any atom is 0.306 e. The molecule has 2 nitrogen and oxygen atoms in total. The van der Waals surface area contributed by atoms with E-state index in [-0.39, 0.29) is 18.0 Å². The number of esters is 1. The van der Waals surface area contributed by atoms with Crippen molar-refractivity contribution in [1.82, 2.24) is 0 Å². The number of benzene rings is 1. The van der Waals surface area contributed by atoms with Crippen molar-refractivity contribution in [3.63, 3.8) is 0 Å². The minimum absolute atomic E-state index is 0.0302. The van der Waals surface area contributed by atoms with Crippen molar-refractivity contribution in [2.45, 2.75) is 24.9 Å². The first-order valence-electron chi connectivity index (χ1n) is 5.16. The summed E-state index contributed by atoms with van der Waals surface area (Å²) in [4.78, 5) is 11.3. The second-order valence-corrected chi connectivity index (χ2v) is 3.77. The fraction of sp³-hybridized carbons (Fsp3) is 0.308. The molecule has 0 amide bonds. The molecule has 1 aliphatic heterocycles. The van der Waals surface area contributed by atoms with E-state index in [0.29, 0.717) is 6.42 Å². The summed E-state index contributed by atoms with van der Waals surface area (Å²) < 4.78 is 5.26. The second kappa shape index (κ2) is 4.30. The van der Waals surface area contributed by atoms with Crippen LogP contribution in [0.25, 0.3) is 0 Å². The number of ether oxygens (including phenoxy) is 1. The normalized spacial score (nSPS) is 24.9. The molecular weight excluding hydrogens is 188 g/mol. The molecule has 0 aromatic heterocycles. The average Bonchev–Trinajstić information content (AvgIpc) is 2.62. The minimum atomic E-state index is -0.101. The zero-order valence-corrected chi connectivity index (χ0v) is 8.56. The van der Waals surface area contributed by atoms with Gasteiger partial charge in [-0.2, -0.15) is 0 Å². The number of carbonyl (C=O) groups is 1. The van der Waals surface area contributed by atoms with Gasteiger partial charge >= 0.3 is 5.97 Å². The summed E-state index contributed by atoms with van der Waals surface area (Å²) >= 11 is 0. The summed E-state index contributed by atoms with van der Waals surface area (Å²) in [6, 6.07) is 10.0. The molecule has 2 rings (SSSR count). The van der Waals surface area contributed by atoms with Crippen LogP contribution in [-0.4, -0.2) is 12.1 Å². The van der Waals surface area contributed by atoms with Gasteiger partial charge in [0.05, 0.1) is 6.42 Å². The fourth-order valence-corrected chi connectivity index (χ4v) is 2.02. The van der Waals surface area contributed by atoms with Crippen molar-refractivity contribution < 1.29 is 9.53 Å². The predicted molar refractivity (Wildman–Crippen MR) is 58.5 cm³/mol. The third-order valence-corrected chi connectivity index (χ3v) is 2.74. The lowest BCUT2D eigenvalue weighted by molar-refractivity contribution is -0.141. The van der Waals surface area contributed by atoms with E-state index in [1.165, 1.54) is 5.56 Å². The Bertz CT molecular complexity index is 356. The van der Waals surface area contributed by atoms with Crippen LogP contribution < -0.4 is 0 Å².